The van der Waals surface area contributed by atoms with Gasteiger partial charge in [-0.15, -0.1) is 0 Å². The number of amides is 1. The number of hydrogen-bond acceptors (Lipinski definition) is 4. The molecule has 0 radical (unpaired) electrons. The maximum Gasteiger partial charge on any atom is 0.257 e. The fraction of sp³-hybridized carbons (Fsp3) is 0.235. The van der Waals surface area contributed by atoms with Crippen molar-refractivity contribution in [1.82, 2.24) is 4.31 Å². The van der Waals surface area contributed by atoms with Crippen molar-refractivity contribution in [3.05, 3.63) is 57.0 Å². The molecule has 1 aliphatic heterocycles. The van der Waals surface area contributed by atoms with E-state index in [1.807, 2.05) is 0 Å². The Morgan fingerprint density at radius 1 is 1.00 bits per heavy atom. The van der Waals surface area contributed by atoms with Crippen molar-refractivity contribution in [2.45, 2.75) is 4.90 Å². The number of halogens is 3. The third-order valence-corrected chi connectivity index (χ3v) is 6.89. The third-order valence-electron chi connectivity index (χ3n) is 3.95. The Bertz CT molecular complexity index is 976. The second kappa shape index (κ2) is 8.34. The molecule has 0 saturated carbocycles. The molecule has 2 aromatic carbocycles. The second-order valence-electron chi connectivity index (χ2n) is 5.74. The number of anilines is 1. The number of morpholine rings is 1. The van der Waals surface area contributed by atoms with Crippen molar-refractivity contribution >= 4 is 56.4 Å². The SMILES string of the molecule is O=C(Nc1ccc(Cl)c(S(=O)(=O)N2CCOCC2)c1)c1cc(Cl)ccc1Cl. The second-order valence-corrected chi connectivity index (χ2v) is 8.90. The van der Waals surface area contributed by atoms with E-state index in [2.05, 4.69) is 5.32 Å². The fourth-order valence-electron chi connectivity index (χ4n) is 2.57. The van der Waals surface area contributed by atoms with Gasteiger partial charge in [-0.2, -0.15) is 4.31 Å². The molecule has 27 heavy (non-hydrogen) atoms. The minimum absolute atomic E-state index is 0.0697. The molecule has 0 aliphatic carbocycles. The van der Waals surface area contributed by atoms with Crippen LogP contribution in [0.2, 0.25) is 15.1 Å². The predicted molar refractivity (Wildman–Crippen MR) is 105 cm³/mol. The molecule has 1 fully saturated rings. The van der Waals surface area contributed by atoms with Crippen LogP contribution >= 0.6 is 34.8 Å². The summed E-state index contributed by atoms with van der Waals surface area (Å²) in [4.78, 5) is 12.4. The van der Waals surface area contributed by atoms with Gasteiger partial charge in [0.2, 0.25) is 10.0 Å². The van der Waals surface area contributed by atoms with Gasteiger partial charge in [-0.1, -0.05) is 34.8 Å². The van der Waals surface area contributed by atoms with Crippen molar-refractivity contribution in [1.29, 1.82) is 0 Å². The average molecular weight is 450 g/mol. The number of carbonyl (C=O) groups is 1. The first-order valence-electron chi connectivity index (χ1n) is 7.93. The number of sulfonamides is 1. The highest BCUT2D eigenvalue weighted by Gasteiger charge is 2.28. The normalized spacial score (nSPS) is 15.5. The maximum atomic E-state index is 12.8. The lowest BCUT2D eigenvalue weighted by atomic mass is 10.2. The van der Waals surface area contributed by atoms with E-state index in [-0.39, 0.29) is 39.3 Å². The Kier molecular flexibility index (Phi) is 6.30. The summed E-state index contributed by atoms with van der Waals surface area (Å²) in [5, 5.41) is 3.28. The van der Waals surface area contributed by atoms with Crippen molar-refractivity contribution in [3.63, 3.8) is 0 Å². The Balaban J connectivity index is 1.89. The Labute approximate surface area is 172 Å². The van der Waals surface area contributed by atoms with Gasteiger partial charge in [0.25, 0.3) is 5.91 Å². The van der Waals surface area contributed by atoms with Crippen LogP contribution < -0.4 is 5.32 Å². The lowest BCUT2D eigenvalue weighted by Gasteiger charge is -2.26. The van der Waals surface area contributed by atoms with E-state index < -0.39 is 15.9 Å². The summed E-state index contributed by atoms with van der Waals surface area (Å²) < 4.78 is 32.2. The van der Waals surface area contributed by atoms with Crippen molar-refractivity contribution < 1.29 is 17.9 Å². The van der Waals surface area contributed by atoms with Crippen molar-refractivity contribution in [2.75, 3.05) is 31.6 Å². The quantitative estimate of drug-likeness (QED) is 0.767. The smallest absolute Gasteiger partial charge is 0.257 e. The van der Waals surface area contributed by atoms with E-state index in [0.29, 0.717) is 18.2 Å². The Hall–Kier alpha value is -1.35. The minimum Gasteiger partial charge on any atom is -0.379 e. The van der Waals surface area contributed by atoms with Gasteiger partial charge in [0, 0.05) is 23.8 Å². The summed E-state index contributed by atoms with van der Waals surface area (Å²) in [5.74, 6) is -0.514. The molecule has 10 heteroatoms. The number of carbonyl (C=O) groups excluding carboxylic acids is 1. The molecule has 3 rings (SSSR count). The lowest BCUT2D eigenvalue weighted by molar-refractivity contribution is 0.0730. The van der Waals surface area contributed by atoms with Crippen LogP contribution in [-0.4, -0.2) is 44.9 Å². The van der Waals surface area contributed by atoms with Crippen LogP contribution in [0.3, 0.4) is 0 Å². The molecule has 0 spiro atoms. The van der Waals surface area contributed by atoms with E-state index in [4.69, 9.17) is 39.5 Å². The average Bonchev–Trinajstić information content (AvgIpc) is 2.65. The molecule has 1 amide bonds. The summed E-state index contributed by atoms with van der Waals surface area (Å²) in [6.07, 6.45) is 0. The minimum atomic E-state index is -3.81. The van der Waals surface area contributed by atoms with Crippen LogP contribution in [0.5, 0.6) is 0 Å². The van der Waals surface area contributed by atoms with Gasteiger partial charge >= 0.3 is 0 Å². The fourth-order valence-corrected chi connectivity index (χ4v) is 4.86. The molecule has 1 heterocycles. The molecule has 144 valence electrons. The molecular weight excluding hydrogens is 435 g/mol. The summed E-state index contributed by atoms with van der Waals surface area (Å²) in [7, 11) is -3.81. The van der Waals surface area contributed by atoms with E-state index in [1.54, 1.807) is 6.07 Å². The van der Waals surface area contributed by atoms with Crippen molar-refractivity contribution in [2.24, 2.45) is 0 Å². The first kappa shape index (κ1) is 20.4. The zero-order chi connectivity index (χ0) is 19.6. The van der Waals surface area contributed by atoms with Crippen LogP contribution in [0, 0.1) is 0 Å². The number of ether oxygens (including phenoxy) is 1. The van der Waals surface area contributed by atoms with E-state index >= 15 is 0 Å². The van der Waals surface area contributed by atoms with Crippen LogP contribution in [0.1, 0.15) is 10.4 Å². The maximum absolute atomic E-state index is 12.8. The van der Waals surface area contributed by atoms with Crippen LogP contribution in [0.15, 0.2) is 41.3 Å². The molecule has 6 nitrogen and oxygen atoms in total. The molecule has 0 aromatic heterocycles. The summed E-state index contributed by atoms with van der Waals surface area (Å²) in [6.45, 7) is 1.13. The number of hydrogen-bond donors (Lipinski definition) is 1. The predicted octanol–water partition coefficient (Wildman–Crippen LogP) is 3.92. The molecule has 0 bridgehead atoms. The molecular formula is C17H15Cl3N2O4S. The Morgan fingerprint density at radius 2 is 1.67 bits per heavy atom. The molecule has 0 unspecified atom stereocenters. The largest absolute Gasteiger partial charge is 0.379 e. The van der Waals surface area contributed by atoms with E-state index in [1.165, 1.54) is 34.6 Å². The van der Waals surface area contributed by atoms with Gasteiger partial charge in [-0.3, -0.25) is 4.79 Å². The number of rotatable bonds is 4. The molecule has 0 atom stereocenters. The molecule has 1 aliphatic rings. The molecule has 1 saturated heterocycles. The van der Waals surface area contributed by atoms with Crippen LogP contribution in [-0.2, 0) is 14.8 Å². The topological polar surface area (TPSA) is 75.7 Å². The standard InChI is InChI=1S/C17H15Cl3N2O4S/c18-11-1-3-14(19)13(9-11)17(23)21-12-2-4-15(20)16(10-12)27(24,25)22-5-7-26-8-6-22/h1-4,9-10H,5-8H2,(H,21,23). The van der Waals surface area contributed by atoms with Gasteiger partial charge in [-0.25, -0.2) is 8.42 Å². The van der Waals surface area contributed by atoms with Crippen molar-refractivity contribution in [3.8, 4) is 0 Å². The molecule has 1 N–H and O–H groups in total. The van der Waals surface area contributed by atoms with Gasteiger partial charge in [0.05, 0.1) is 28.8 Å². The lowest BCUT2D eigenvalue weighted by Crippen LogP contribution is -2.40. The Morgan fingerprint density at radius 3 is 2.37 bits per heavy atom. The zero-order valence-electron chi connectivity index (χ0n) is 13.9. The summed E-state index contributed by atoms with van der Waals surface area (Å²) in [6, 6.07) is 8.76. The number of nitrogens with one attached hydrogen (secondary N) is 1. The number of benzene rings is 2. The van der Waals surface area contributed by atoms with Gasteiger partial charge < -0.3 is 10.1 Å². The van der Waals surface area contributed by atoms with Crippen LogP contribution in [0.25, 0.3) is 0 Å². The zero-order valence-corrected chi connectivity index (χ0v) is 17.0. The first-order valence-corrected chi connectivity index (χ1v) is 10.5. The highest BCUT2D eigenvalue weighted by Crippen LogP contribution is 2.29. The third kappa shape index (κ3) is 4.56. The van der Waals surface area contributed by atoms with E-state index in [9.17, 15) is 13.2 Å². The monoisotopic (exact) mass is 448 g/mol. The van der Waals surface area contributed by atoms with Gasteiger partial charge in [0.15, 0.2) is 0 Å². The highest BCUT2D eigenvalue weighted by atomic mass is 35.5. The highest BCUT2D eigenvalue weighted by molar-refractivity contribution is 7.89. The first-order chi connectivity index (χ1) is 12.8. The summed E-state index contributed by atoms with van der Waals surface area (Å²) >= 11 is 18.0. The van der Waals surface area contributed by atoms with E-state index in [0.717, 1.165) is 0 Å². The van der Waals surface area contributed by atoms with Gasteiger partial charge in [0.1, 0.15) is 4.90 Å². The number of nitrogens with zero attached hydrogens (tertiary/aromatic N) is 1. The van der Waals surface area contributed by atoms with Gasteiger partial charge in [-0.05, 0) is 36.4 Å². The summed E-state index contributed by atoms with van der Waals surface area (Å²) in [5.41, 5.74) is 0.448. The van der Waals surface area contributed by atoms with Crippen LogP contribution in [0.4, 0.5) is 5.69 Å². The molecule has 2 aromatic rings.